The third-order valence-electron chi connectivity index (χ3n) is 9.55. The quantitative estimate of drug-likeness (QED) is 0.185. The lowest BCUT2D eigenvalue weighted by Gasteiger charge is -2.13. The highest BCUT2D eigenvalue weighted by Gasteiger charge is 2.16. The van der Waals surface area contributed by atoms with Crippen LogP contribution in [-0.4, -0.2) is 9.97 Å². The van der Waals surface area contributed by atoms with Crippen molar-refractivity contribution in [2.45, 2.75) is 0 Å². The van der Waals surface area contributed by atoms with Crippen LogP contribution in [0.1, 0.15) is 0 Å². The SMILES string of the molecule is Fc1ccc(-c2cc(-c3cc(-c4ccc5oc6ccccc6c5c4)cc(-c4ccc5oc6ccccc6c5c4)c3)nc(-c3ccccc3)n2)cc1. The summed E-state index contributed by atoms with van der Waals surface area (Å²) in [5, 5.41) is 4.28. The van der Waals surface area contributed by atoms with Crippen LogP contribution in [0.15, 0.2) is 173 Å². The van der Waals surface area contributed by atoms with E-state index in [1.165, 1.54) is 12.1 Å². The molecule has 0 fully saturated rings. The Bertz CT molecular complexity index is 2790. The van der Waals surface area contributed by atoms with Crippen molar-refractivity contribution in [3.05, 3.63) is 170 Å². The molecule has 3 heterocycles. The molecule has 5 heteroatoms. The topological polar surface area (TPSA) is 52.1 Å². The Kier molecular flexibility index (Phi) is 6.64. The molecule has 4 nitrogen and oxygen atoms in total. The van der Waals surface area contributed by atoms with Gasteiger partial charge in [-0.2, -0.15) is 0 Å². The van der Waals surface area contributed by atoms with Gasteiger partial charge in [-0.15, -0.1) is 0 Å². The predicted molar refractivity (Wildman–Crippen MR) is 204 cm³/mol. The lowest BCUT2D eigenvalue weighted by molar-refractivity contribution is 0.628. The Morgan fingerprint density at radius 3 is 1.39 bits per heavy atom. The second-order valence-corrected chi connectivity index (χ2v) is 12.8. The van der Waals surface area contributed by atoms with Gasteiger partial charge in [0, 0.05) is 38.2 Å². The molecule has 0 N–H and O–H groups in total. The minimum atomic E-state index is -0.293. The number of hydrogen-bond acceptors (Lipinski definition) is 4. The summed E-state index contributed by atoms with van der Waals surface area (Å²) in [6.07, 6.45) is 0. The number of para-hydroxylation sites is 2. The fourth-order valence-corrected chi connectivity index (χ4v) is 7.00. The Morgan fingerprint density at radius 1 is 0.333 bits per heavy atom. The minimum Gasteiger partial charge on any atom is -0.456 e. The molecule has 0 unspecified atom stereocenters. The van der Waals surface area contributed by atoms with E-state index in [2.05, 4.69) is 54.6 Å². The maximum Gasteiger partial charge on any atom is 0.160 e. The maximum atomic E-state index is 14.0. The summed E-state index contributed by atoms with van der Waals surface area (Å²) < 4.78 is 26.3. The van der Waals surface area contributed by atoms with Gasteiger partial charge >= 0.3 is 0 Å². The van der Waals surface area contributed by atoms with E-state index < -0.39 is 0 Å². The molecule has 51 heavy (non-hydrogen) atoms. The molecular formula is C46H27FN2O2. The number of fused-ring (bicyclic) bond motifs is 6. The van der Waals surface area contributed by atoms with Gasteiger partial charge in [-0.3, -0.25) is 0 Å². The lowest BCUT2D eigenvalue weighted by Crippen LogP contribution is -1.96. The first-order valence-electron chi connectivity index (χ1n) is 16.8. The van der Waals surface area contributed by atoms with Crippen LogP contribution in [0.5, 0.6) is 0 Å². The Hall–Kier alpha value is -6.85. The fourth-order valence-electron chi connectivity index (χ4n) is 7.00. The first-order chi connectivity index (χ1) is 25.1. The first-order valence-corrected chi connectivity index (χ1v) is 16.8. The van der Waals surface area contributed by atoms with E-state index in [0.29, 0.717) is 11.5 Å². The minimum absolute atomic E-state index is 0.293. The van der Waals surface area contributed by atoms with Crippen molar-refractivity contribution in [3.8, 4) is 56.2 Å². The van der Waals surface area contributed by atoms with Crippen molar-refractivity contribution >= 4 is 43.9 Å². The maximum absolute atomic E-state index is 14.0. The summed E-state index contributed by atoms with van der Waals surface area (Å²) in [7, 11) is 0. The van der Waals surface area contributed by atoms with Crippen LogP contribution in [0, 0.1) is 5.82 Å². The van der Waals surface area contributed by atoms with Gasteiger partial charge in [-0.25, -0.2) is 14.4 Å². The molecule has 0 radical (unpaired) electrons. The number of hydrogen-bond donors (Lipinski definition) is 0. The molecule has 0 bridgehead atoms. The standard InChI is InChI=1S/C46H27FN2O2/c47-35-18-14-28(15-19-35)40-27-41(49-46(48-40)29-8-2-1-3-9-29)34-23-32(30-16-20-44-38(25-30)36-10-4-6-12-42(36)50-44)22-33(24-34)31-17-21-45-39(26-31)37-11-5-7-13-43(37)51-45/h1-27H. The van der Waals surface area contributed by atoms with E-state index >= 15 is 0 Å². The highest BCUT2D eigenvalue weighted by molar-refractivity contribution is 6.07. The smallest absolute Gasteiger partial charge is 0.160 e. The zero-order valence-corrected chi connectivity index (χ0v) is 27.2. The van der Waals surface area contributed by atoms with E-state index in [-0.39, 0.29) is 5.82 Å². The number of furan rings is 2. The molecule has 0 amide bonds. The fraction of sp³-hybridized carbons (Fsp3) is 0. The number of aromatic nitrogens is 2. The van der Waals surface area contributed by atoms with E-state index in [4.69, 9.17) is 18.8 Å². The number of halogens is 1. The molecule has 3 aromatic heterocycles. The largest absolute Gasteiger partial charge is 0.456 e. The van der Waals surface area contributed by atoms with Gasteiger partial charge in [0.15, 0.2) is 5.82 Å². The van der Waals surface area contributed by atoms with Gasteiger partial charge in [0.2, 0.25) is 0 Å². The summed E-state index contributed by atoms with van der Waals surface area (Å²) in [6.45, 7) is 0. The first kappa shape index (κ1) is 29.1. The van der Waals surface area contributed by atoms with Crippen molar-refractivity contribution in [2.75, 3.05) is 0 Å². The monoisotopic (exact) mass is 658 g/mol. The van der Waals surface area contributed by atoms with Gasteiger partial charge < -0.3 is 8.83 Å². The van der Waals surface area contributed by atoms with Crippen LogP contribution in [0.3, 0.4) is 0 Å². The lowest BCUT2D eigenvalue weighted by atomic mass is 9.93. The molecule has 7 aromatic carbocycles. The molecule has 0 saturated heterocycles. The molecule has 0 spiro atoms. The summed E-state index contributed by atoms with van der Waals surface area (Å²) >= 11 is 0. The number of nitrogens with zero attached hydrogens (tertiary/aromatic N) is 2. The van der Waals surface area contributed by atoms with Crippen LogP contribution in [0.25, 0.3) is 100 Å². The van der Waals surface area contributed by atoms with Crippen LogP contribution in [0.4, 0.5) is 4.39 Å². The van der Waals surface area contributed by atoms with Gasteiger partial charge in [0.25, 0.3) is 0 Å². The summed E-state index contributed by atoms with van der Waals surface area (Å²) in [5.74, 6) is 0.301. The average molecular weight is 659 g/mol. The summed E-state index contributed by atoms with van der Waals surface area (Å²) in [5.41, 5.74) is 11.7. The normalized spacial score (nSPS) is 11.6. The number of benzene rings is 7. The van der Waals surface area contributed by atoms with Crippen molar-refractivity contribution < 1.29 is 13.2 Å². The summed E-state index contributed by atoms with van der Waals surface area (Å²) in [6, 6.07) is 54.0. The third kappa shape index (κ3) is 5.15. The Balaban J connectivity index is 1.21. The van der Waals surface area contributed by atoms with Gasteiger partial charge in [-0.05, 0) is 107 Å². The summed E-state index contributed by atoms with van der Waals surface area (Å²) in [4.78, 5) is 10.1. The van der Waals surface area contributed by atoms with E-state index in [1.807, 2.05) is 84.9 Å². The molecule has 0 atom stereocenters. The average Bonchev–Trinajstić information content (AvgIpc) is 3.76. The van der Waals surface area contributed by atoms with Crippen LogP contribution >= 0.6 is 0 Å². The molecule has 0 aliphatic carbocycles. The number of rotatable bonds is 5. The second kappa shape index (κ2) is 11.6. The zero-order chi connectivity index (χ0) is 33.9. The van der Waals surface area contributed by atoms with Gasteiger partial charge in [0.05, 0.1) is 11.4 Å². The molecule has 0 aliphatic rings. The van der Waals surface area contributed by atoms with E-state index in [0.717, 1.165) is 88.5 Å². The molecule has 0 aliphatic heterocycles. The zero-order valence-electron chi connectivity index (χ0n) is 27.2. The third-order valence-corrected chi connectivity index (χ3v) is 9.55. The van der Waals surface area contributed by atoms with Crippen molar-refractivity contribution in [1.29, 1.82) is 0 Å². The van der Waals surface area contributed by atoms with Gasteiger partial charge in [0.1, 0.15) is 28.1 Å². The Labute approximate surface area is 292 Å². The van der Waals surface area contributed by atoms with Crippen LogP contribution in [0.2, 0.25) is 0 Å². The molecule has 0 saturated carbocycles. The van der Waals surface area contributed by atoms with E-state index in [9.17, 15) is 4.39 Å². The Morgan fingerprint density at radius 2 is 0.804 bits per heavy atom. The van der Waals surface area contributed by atoms with Crippen molar-refractivity contribution in [2.24, 2.45) is 0 Å². The molecule has 10 rings (SSSR count). The predicted octanol–water partition coefficient (Wildman–Crippen LogP) is 12.7. The van der Waals surface area contributed by atoms with E-state index in [1.54, 1.807) is 12.1 Å². The highest BCUT2D eigenvalue weighted by atomic mass is 19.1. The highest BCUT2D eigenvalue weighted by Crippen LogP contribution is 2.39. The molecule has 10 aromatic rings. The second-order valence-electron chi connectivity index (χ2n) is 12.8. The van der Waals surface area contributed by atoms with Crippen LogP contribution in [-0.2, 0) is 0 Å². The van der Waals surface area contributed by atoms with Crippen LogP contribution < -0.4 is 0 Å². The molecular weight excluding hydrogens is 632 g/mol. The molecule has 240 valence electrons. The van der Waals surface area contributed by atoms with Gasteiger partial charge in [-0.1, -0.05) is 78.9 Å². The van der Waals surface area contributed by atoms with Crippen molar-refractivity contribution in [3.63, 3.8) is 0 Å². The van der Waals surface area contributed by atoms with Crippen molar-refractivity contribution in [1.82, 2.24) is 9.97 Å².